The Morgan fingerprint density at radius 1 is 1.02 bits per heavy atom. The minimum Gasteiger partial charge on any atom is -0.484 e. The molecular weight excluding hydrogens is 591 g/mol. The second-order valence-corrected chi connectivity index (χ2v) is 11.7. The van der Waals surface area contributed by atoms with Crippen molar-refractivity contribution in [1.82, 2.24) is 10.7 Å². The van der Waals surface area contributed by atoms with Crippen LogP contribution in [-0.2, 0) is 24.3 Å². The van der Waals surface area contributed by atoms with E-state index in [0.29, 0.717) is 17.9 Å². The lowest BCUT2D eigenvalue weighted by molar-refractivity contribution is -0.123. The Balaban J connectivity index is 1.33. The first-order valence-electron chi connectivity index (χ1n) is 12.7. The molecule has 2 N–H and O–H groups in total. The number of carbonyl (C=O) groups excluding carboxylic acids is 2. The van der Waals surface area contributed by atoms with Crippen LogP contribution in [0.2, 0.25) is 10.0 Å². The van der Waals surface area contributed by atoms with Crippen molar-refractivity contribution in [1.29, 1.82) is 0 Å². The Morgan fingerprint density at radius 3 is 2.46 bits per heavy atom. The molecule has 0 aromatic heterocycles. The molecule has 0 spiro atoms. The fraction of sp³-hybridized carbons (Fsp3) is 0.250. The SMILES string of the molecule is O=C(COc1ccc(/C=N\NC(=O)CN(c2ccc(Cl)c(Cl)c2)S(=O)(=O)c2ccccc2)cc1)NC[C@H]1CCCO1. The third-order valence-electron chi connectivity index (χ3n) is 6.01. The smallest absolute Gasteiger partial charge is 0.264 e. The zero-order valence-corrected chi connectivity index (χ0v) is 24.2. The van der Waals surface area contributed by atoms with Gasteiger partial charge >= 0.3 is 0 Å². The summed E-state index contributed by atoms with van der Waals surface area (Å²) in [5, 5.41) is 7.11. The van der Waals surface area contributed by atoms with E-state index in [1.54, 1.807) is 42.5 Å². The van der Waals surface area contributed by atoms with E-state index in [1.807, 2.05) is 0 Å². The maximum atomic E-state index is 13.4. The number of hydrazone groups is 1. The number of benzene rings is 3. The Labute approximate surface area is 248 Å². The van der Waals surface area contributed by atoms with Crippen LogP contribution in [0, 0.1) is 0 Å². The third kappa shape index (κ3) is 8.67. The number of rotatable bonds is 12. The van der Waals surface area contributed by atoms with Crippen LogP contribution in [0.1, 0.15) is 18.4 Å². The summed E-state index contributed by atoms with van der Waals surface area (Å²) in [6.07, 6.45) is 3.40. The van der Waals surface area contributed by atoms with Gasteiger partial charge < -0.3 is 14.8 Å². The van der Waals surface area contributed by atoms with E-state index in [0.717, 1.165) is 23.8 Å². The summed E-state index contributed by atoms with van der Waals surface area (Å²) >= 11 is 12.1. The molecule has 216 valence electrons. The molecule has 0 bridgehead atoms. The lowest BCUT2D eigenvalue weighted by atomic mass is 10.2. The first-order valence-corrected chi connectivity index (χ1v) is 14.9. The van der Waals surface area contributed by atoms with Gasteiger partial charge in [0.2, 0.25) is 0 Å². The lowest BCUT2D eigenvalue weighted by Crippen LogP contribution is -2.39. The average Bonchev–Trinajstić information content (AvgIpc) is 3.50. The molecule has 1 saturated heterocycles. The van der Waals surface area contributed by atoms with Crippen LogP contribution in [0.15, 0.2) is 82.8 Å². The van der Waals surface area contributed by atoms with Gasteiger partial charge in [-0.15, -0.1) is 0 Å². The number of sulfonamides is 1. The van der Waals surface area contributed by atoms with E-state index in [-0.39, 0.29) is 39.2 Å². The number of nitrogens with one attached hydrogen (secondary N) is 2. The molecule has 0 saturated carbocycles. The molecule has 1 atom stereocenters. The maximum Gasteiger partial charge on any atom is 0.264 e. The van der Waals surface area contributed by atoms with E-state index in [1.165, 1.54) is 36.5 Å². The van der Waals surface area contributed by atoms with Gasteiger partial charge in [0, 0.05) is 13.2 Å². The van der Waals surface area contributed by atoms with Crippen LogP contribution in [-0.4, -0.2) is 58.9 Å². The maximum absolute atomic E-state index is 13.4. The summed E-state index contributed by atoms with van der Waals surface area (Å²) in [6, 6.07) is 18.7. The second-order valence-electron chi connectivity index (χ2n) is 9.01. The molecule has 1 heterocycles. The van der Waals surface area contributed by atoms with Gasteiger partial charge in [-0.1, -0.05) is 41.4 Å². The van der Waals surface area contributed by atoms with Crippen LogP contribution in [0.5, 0.6) is 5.75 Å². The van der Waals surface area contributed by atoms with E-state index >= 15 is 0 Å². The number of halogens is 2. The molecule has 10 nitrogen and oxygen atoms in total. The number of carbonyl (C=O) groups is 2. The van der Waals surface area contributed by atoms with Gasteiger partial charge in [-0.05, 0) is 73.0 Å². The molecule has 1 aliphatic rings. The van der Waals surface area contributed by atoms with Gasteiger partial charge in [0.05, 0.1) is 32.9 Å². The number of hydrogen-bond acceptors (Lipinski definition) is 7. The average molecular weight is 620 g/mol. The number of amides is 2. The fourth-order valence-corrected chi connectivity index (χ4v) is 5.63. The highest BCUT2D eigenvalue weighted by Gasteiger charge is 2.27. The highest BCUT2D eigenvalue weighted by atomic mass is 35.5. The Morgan fingerprint density at radius 2 is 1.78 bits per heavy atom. The second kappa shape index (κ2) is 14.3. The molecule has 0 aliphatic carbocycles. The van der Waals surface area contributed by atoms with E-state index in [9.17, 15) is 18.0 Å². The summed E-state index contributed by atoms with van der Waals surface area (Å²) in [6.45, 7) is 0.502. The molecular formula is C28H28Cl2N4O6S. The van der Waals surface area contributed by atoms with Crippen molar-refractivity contribution in [3.63, 3.8) is 0 Å². The zero-order chi connectivity index (χ0) is 29.2. The van der Waals surface area contributed by atoms with Crippen molar-refractivity contribution in [3.8, 4) is 5.75 Å². The van der Waals surface area contributed by atoms with Gasteiger partial charge in [0.1, 0.15) is 12.3 Å². The summed E-state index contributed by atoms with van der Waals surface area (Å²) in [7, 11) is -4.11. The topological polar surface area (TPSA) is 126 Å². The molecule has 13 heteroatoms. The lowest BCUT2D eigenvalue weighted by Gasteiger charge is -2.24. The van der Waals surface area contributed by atoms with E-state index < -0.39 is 22.5 Å². The Hall–Kier alpha value is -3.64. The van der Waals surface area contributed by atoms with Crippen molar-refractivity contribution in [2.75, 3.05) is 30.6 Å². The predicted molar refractivity (Wildman–Crippen MR) is 157 cm³/mol. The monoisotopic (exact) mass is 618 g/mol. The van der Waals surface area contributed by atoms with Crippen molar-refractivity contribution in [2.24, 2.45) is 5.10 Å². The summed E-state index contributed by atoms with van der Waals surface area (Å²) in [4.78, 5) is 24.7. The Bertz CT molecular complexity index is 1480. The van der Waals surface area contributed by atoms with Gasteiger partial charge in [-0.25, -0.2) is 13.8 Å². The minimum absolute atomic E-state index is 0.00462. The van der Waals surface area contributed by atoms with Gasteiger partial charge in [0.15, 0.2) is 6.61 Å². The van der Waals surface area contributed by atoms with Gasteiger partial charge in [0.25, 0.3) is 21.8 Å². The fourth-order valence-electron chi connectivity index (χ4n) is 3.90. The molecule has 3 aromatic carbocycles. The van der Waals surface area contributed by atoms with Gasteiger partial charge in [-0.3, -0.25) is 13.9 Å². The van der Waals surface area contributed by atoms with Crippen LogP contribution in [0.4, 0.5) is 5.69 Å². The predicted octanol–water partition coefficient (Wildman–Crippen LogP) is 4.01. The normalized spacial score (nSPS) is 15.0. The van der Waals surface area contributed by atoms with Crippen LogP contribution in [0.3, 0.4) is 0 Å². The van der Waals surface area contributed by atoms with Crippen molar-refractivity contribution >= 4 is 56.9 Å². The molecule has 4 rings (SSSR count). The molecule has 3 aromatic rings. The quantitative estimate of drug-likeness (QED) is 0.233. The number of anilines is 1. The first-order chi connectivity index (χ1) is 19.7. The van der Waals surface area contributed by atoms with Gasteiger partial charge in [-0.2, -0.15) is 5.10 Å². The molecule has 41 heavy (non-hydrogen) atoms. The summed E-state index contributed by atoms with van der Waals surface area (Å²) in [5.41, 5.74) is 3.15. The van der Waals surface area contributed by atoms with Crippen molar-refractivity contribution < 1.29 is 27.5 Å². The summed E-state index contributed by atoms with van der Waals surface area (Å²) < 4.78 is 38.7. The van der Waals surface area contributed by atoms with Crippen LogP contribution >= 0.6 is 23.2 Å². The first kappa shape index (κ1) is 30.3. The Kier molecular flexibility index (Phi) is 10.6. The third-order valence-corrected chi connectivity index (χ3v) is 8.54. The zero-order valence-electron chi connectivity index (χ0n) is 21.8. The molecule has 0 radical (unpaired) electrons. The van der Waals surface area contributed by atoms with Crippen LogP contribution < -0.4 is 19.8 Å². The minimum atomic E-state index is -4.11. The largest absolute Gasteiger partial charge is 0.484 e. The number of hydrogen-bond donors (Lipinski definition) is 2. The number of nitrogens with zero attached hydrogens (tertiary/aromatic N) is 2. The van der Waals surface area contributed by atoms with E-state index in [2.05, 4.69) is 15.8 Å². The summed E-state index contributed by atoms with van der Waals surface area (Å²) in [5.74, 6) is -0.430. The number of ether oxygens (including phenoxy) is 2. The molecule has 0 unspecified atom stereocenters. The standard InChI is InChI=1S/C28H28Cl2N4O6S/c29-25-13-10-21(15-26(25)30)34(41(37,38)24-6-2-1-3-7-24)18-27(35)33-32-16-20-8-11-22(12-9-20)40-19-28(36)31-17-23-5-4-14-39-23/h1-3,6-13,15-16,23H,4-5,14,17-19H2,(H,31,36)(H,33,35)/b32-16-/t23-/m1/s1. The molecule has 1 fully saturated rings. The highest BCUT2D eigenvalue weighted by Crippen LogP contribution is 2.30. The highest BCUT2D eigenvalue weighted by molar-refractivity contribution is 7.92. The van der Waals surface area contributed by atoms with Crippen LogP contribution in [0.25, 0.3) is 0 Å². The van der Waals surface area contributed by atoms with Crippen molar-refractivity contribution in [2.45, 2.75) is 23.8 Å². The molecule has 1 aliphatic heterocycles. The molecule has 2 amide bonds. The van der Waals surface area contributed by atoms with Crippen molar-refractivity contribution in [3.05, 3.63) is 88.4 Å². The van der Waals surface area contributed by atoms with E-state index in [4.69, 9.17) is 32.7 Å².